The standard InChI is InChI=1S/C24H22N2O4S/c1-29-16-9-7-15(8-10-16)22-18(17-5-3-4-6-19(17)26-22)11-12-21(27)25-20-13-14-31-23(20)24(28)30-2/h3-10,13-14,26H,11-12H2,1-2H3,(H,25,27). The summed E-state index contributed by atoms with van der Waals surface area (Å²) < 4.78 is 10.0. The number of esters is 1. The maximum absolute atomic E-state index is 12.7. The number of fused-ring (bicyclic) bond motifs is 1. The largest absolute Gasteiger partial charge is 0.497 e. The molecule has 0 aliphatic carbocycles. The lowest BCUT2D eigenvalue weighted by Crippen LogP contribution is -2.14. The van der Waals surface area contributed by atoms with Gasteiger partial charge in [0.15, 0.2) is 0 Å². The molecule has 0 spiro atoms. The summed E-state index contributed by atoms with van der Waals surface area (Å²) in [5.74, 6) is 0.177. The van der Waals surface area contributed by atoms with Gasteiger partial charge < -0.3 is 19.8 Å². The van der Waals surface area contributed by atoms with Crippen molar-refractivity contribution in [2.45, 2.75) is 12.8 Å². The number of benzene rings is 2. The number of hydrogen-bond acceptors (Lipinski definition) is 5. The monoisotopic (exact) mass is 434 g/mol. The SMILES string of the molecule is COC(=O)c1sccc1NC(=O)CCc1c(-c2ccc(OC)cc2)[nH]c2ccccc12. The molecule has 0 saturated carbocycles. The summed E-state index contributed by atoms with van der Waals surface area (Å²) in [5, 5.41) is 5.68. The number of hydrogen-bond donors (Lipinski definition) is 2. The Kier molecular flexibility index (Phi) is 6.04. The highest BCUT2D eigenvalue weighted by atomic mass is 32.1. The third-order valence-electron chi connectivity index (χ3n) is 5.10. The van der Waals surface area contributed by atoms with Gasteiger partial charge in [-0.25, -0.2) is 4.79 Å². The minimum Gasteiger partial charge on any atom is -0.497 e. The Morgan fingerprint density at radius 3 is 2.55 bits per heavy atom. The van der Waals surface area contributed by atoms with Gasteiger partial charge in [-0.15, -0.1) is 11.3 Å². The number of ether oxygens (including phenoxy) is 2. The first-order valence-corrected chi connectivity index (χ1v) is 10.7. The summed E-state index contributed by atoms with van der Waals surface area (Å²) >= 11 is 1.24. The number of rotatable bonds is 7. The van der Waals surface area contributed by atoms with Gasteiger partial charge in [0.25, 0.3) is 0 Å². The minimum absolute atomic E-state index is 0.158. The second-order valence-electron chi connectivity index (χ2n) is 6.96. The van der Waals surface area contributed by atoms with Crippen LogP contribution in [0.3, 0.4) is 0 Å². The molecule has 6 nitrogen and oxygen atoms in total. The lowest BCUT2D eigenvalue weighted by atomic mass is 10.0. The van der Waals surface area contributed by atoms with Crippen molar-refractivity contribution in [2.75, 3.05) is 19.5 Å². The van der Waals surface area contributed by atoms with Crippen LogP contribution in [0.5, 0.6) is 5.75 Å². The molecule has 0 bridgehead atoms. The fourth-order valence-electron chi connectivity index (χ4n) is 3.57. The van der Waals surface area contributed by atoms with Gasteiger partial charge in [0.05, 0.1) is 19.9 Å². The maximum Gasteiger partial charge on any atom is 0.350 e. The molecule has 1 amide bonds. The van der Waals surface area contributed by atoms with Crippen LogP contribution < -0.4 is 10.1 Å². The molecule has 0 unspecified atom stereocenters. The molecular formula is C24H22N2O4S. The number of H-pyrrole nitrogens is 1. The lowest BCUT2D eigenvalue weighted by Gasteiger charge is -2.08. The molecule has 2 N–H and O–H groups in total. The first-order chi connectivity index (χ1) is 15.1. The highest BCUT2D eigenvalue weighted by molar-refractivity contribution is 7.12. The van der Waals surface area contributed by atoms with Gasteiger partial charge >= 0.3 is 5.97 Å². The second kappa shape index (κ2) is 9.06. The average Bonchev–Trinajstić information content (AvgIpc) is 3.41. The molecule has 2 aromatic carbocycles. The van der Waals surface area contributed by atoms with E-state index in [0.29, 0.717) is 17.0 Å². The Bertz CT molecular complexity index is 1220. The van der Waals surface area contributed by atoms with Crippen molar-refractivity contribution < 1.29 is 19.1 Å². The van der Waals surface area contributed by atoms with Crippen LogP contribution >= 0.6 is 11.3 Å². The van der Waals surface area contributed by atoms with Crippen molar-refractivity contribution in [1.29, 1.82) is 0 Å². The Morgan fingerprint density at radius 2 is 1.81 bits per heavy atom. The Balaban J connectivity index is 1.57. The van der Waals surface area contributed by atoms with Crippen molar-refractivity contribution in [3.63, 3.8) is 0 Å². The second-order valence-corrected chi connectivity index (χ2v) is 7.87. The molecule has 158 valence electrons. The summed E-state index contributed by atoms with van der Waals surface area (Å²) in [6, 6.07) is 17.6. The normalized spacial score (nSPS) is 10.8. The quantitative estimate of drug-likeness (QED) is 0.389. The van der Waals surface area contributed by atoms with Crippen LogP contribution in [-0.2, 0) is 16.0 Å². The van der Waals surface area contributed by atoms with E-state index in [2.05, 4.69) is 16.4 Å². The molecule has 2 aromatic heterocycles. The van der Waals surface area contributed by atoms with E-state index in [-0.39, 0.29) is 12.3 Å². The smallest absolute Gasteiger partial charge is 0.350 e. The van der Waals surface area contributed by atoms with Crippen LogP contribution in [0.15, 0.2) is 60.0 Å². The van der Waals surface area contributed by atoms with Crippen molar-refractivity contribution in [3.8, 4) is 17.0 Å². The van der Waals surface area contributed by atoms with E-state index in [0.717, 1.165) is 33.5 Å². The molecule has 0 aliphatic heterocycles. The van der Waals surface area contributed by atoms with Gasteiger partial charge in [-0.05, 0) is 59.3 Å². The predicted molar refractivity (Wildman–Crippen MR) is 123 cm³/mol. The van der Waals surface area contributed by atoms with E-state index in [1.807, 2.05) is 42.5 Å². The number of anilines is 1. The molecule has 7 heteroatoms. The van der Waals surface area contributed by atoms with Crippen molar-refractivity contribution in [3.05, 3.63) is 70.4 Å². The third kappa shape index (κ3) is 4.32. The topological polar surface area (TPSA) is 80.4 Å². The van der Waals surface area contributed by atoms with E-state index in [1.165, 1.54) is 18.4 Å². The lowest BCUT2D eigenvalue weighted by molar-refractivity contribution is -0.116. The van der Waals surface area contributed by atoms with Crippen LogP contribution in [0, 0.1) is 0 Å². The first-order valence-electron chi connectivity index (χ1n) is 9.80. The average molecular weight is 435 g/mol. The molecule has 4 rings (SSSR count). The number of thiophene rings is 1. The first kappa shape index (κ1) is 20.7. The number of para-hydroxylation sites is 1. The third-order valence-corrected chi connectivity index (χ3v) is 6.00. The van der Waals surface area contributed by atoms with E-state index in [1.54, 1.807) is 18.6 Å². The van der Waals surface area contributed by atoms with E-state index >= 15 is 0 Å². The Hall–Kier alpha value is -3.58. The number of amides is 1. The summed E-state index contributed by atoms with van der Waals surface area (Å²) in [5.41, 5.74) is 4.60. The number of carbonyl (C=O) groups excluding carboxylic acids is 2. The molecule has 0 fully saturated rings. The van der Waals surface area contributed by atoms with Crippen molar-refractivity contribution in [1.82, 2.24) is 4.98 Å². The Labute approximate surface area is 183 Å². The van der Waals surface area contributed by atoms with E-state index in [9.17, 15) is 9.59 Å². The van der Waals surface area contributed by atoms with Crippen LogP contribution in [0.25, 0.3) is 22.2 Å². The van der Waals surface area contributed by atoms with Gasteiger partial charge in [-0.2, -0.15) is 0 Å². The van der Waals surface area contributed by atoms with Gasteiger partial charge in [0.1, 0.15) is 10.6 Å². The van der Waals surface area contributed by atoms with Gasteiger partial charge in [0.2, 0.25) is 5.91 Å². The zero-order valence-electron chi connectivity index (χ0n) is 17.2. The van der Waals surface area contributed by atoms with Gasteiger partial charge in [0, 0.05) is 23.0 Å². The molecule has 0 aliphatic rings. The minimum atomic E-state index is -0.455. The zero-order chi connectivity index (χ0) is 21.8. The fourth-order valence-corrected chi connectivity index (χ4v) is 4.34. The predicted octanol–water partition coefficient (Wildman–Crippen LogP) is 5.26. The zero-order valence-corrected chi connectivity index (χ0v) is 18.0. The van der Waals surface area contributed by atoms with Crippen molar-refractivity contribution >= 4 is 39.8 Å². The van der Waals surface area contributed by atoms with Gasteiger partial charge in [-0.3, -0.25) is 4.79 Å². The molecule has 0 saturated heterocycles. The molecule has 4 aromatic rings. The van der Waals surface area contributed by atoms with Crippen molar-refractivity contribution in [2.24, 2.45) is 0 Å². The number of aryl methyl sites for hydroxylation is 1. The van der Waals surface area contributed by atoms with Crippen LogP contribution in [-0.4, -0.2) is 31.1 Å². The summed E-state index contributed by atoms with van der Waals surface area (Å²) in [6.45, 7) is 0. The number of methoxy groups -OCH3 is 2. The molecule has 31 heavy (non-hydrogen) atoms. The van der Waals surface area contributed by atoms with E-state index in [4.69, 9.17) is 9.47 Å². The Morgan fingerprint density at radius 1 is 1.03 bits per heavy atom. The number of aromatic nitrogens is 1. The highest BCUT2D eigenvalue weighted by Crippen LogP contribution is 2.32. The summed E-state index contributed by atoms with van der Waals surface area (Å²) in [4.78, 5) is 28.4. The molecular weight excluding hydrogens is 412 g/mol. The number of aromatic amines is 1. The van der Waals surface area contributed by atoms with Crippen LogP contribution in [0.1, 0.15) is 21.7 Å². The fraction of sp³-hybridized carbons (Fsp3) is 0.167. The van der Waals surface area contributed by atoms with Crippen LogP contribution in [0.4, 0.5) is 5.69 Å². The molecule has 0 radical (unpaired) electrons. The molecule has 2 heterocycles. The highest BCUT2D eigenvalue weighted by Gasteiger charge is 2.18. The molecule has 0 atom stereocenters. The number of carbonyl (C=O) groups is 2. The summed E-state index contributed by atoms with van der Waals surface area (Å²) in [6.07, 6.45) is 0.830. The van der Waals surface area contributed by atoms with Crippen LogP contribution in [0.2, 0.25) is 0 Å². The van der Waals surface area contributed by atoms with Gasteiger partial charge in [-0.1, -0.05) is 18.2 Å². The van der Waals surface area contributed by atoms with E-state index < -0.39 is 5.97 Å². The number of nitrogens with one attached hydrogen (secondary N) is 2. The summed E-state index contributed by atoms with van der Waals surface area (Å²) in [7, 11) is 2.96. The maximum atomic E-state index is 12.7.